The van der Waals surface area contributed by atoms with Crippen LogP contribution in [-0.2, 0) is 80.4 Å². The van der Waals surface area contributed by atoms with E-state index in [0.29, 0.717) is 0 Å². The fraction of sp³-hybridized carbons (Fsp3) is 0.138. The van der Waals surface area contributed by atoms with E-state index in [1.54, 1.807) is 0 Å². The van der Waals surface area contributed by atoms with Crippen LogP contribution in [0.4, 0.5) is 0 Å². The topological polar surface area (TPSA) is 103 Å². The van der Waals surface area contributed by atoms with Gasteiger partial charge in [-0.3, -0.25) is 0 Å². The molecule has 0 aliphatic rings. The van der Waals surface area contributed by atoms with E-state index in [1.807, 2.05) is 259 Å². The van der Waals surface area contributed by atoms with Gasteiger partial charge in [0.05, 0.1) is 0 Å². The minimum atomic E-state index is -1.79. The van der Waals surface area contributed by atoms with Gasteiger partial charge in [0.1, 0.15) is 0 Å². The first-order valence-corrected chi connectivity index (χ1v) is 72.6. The molecule has 0 saturated heterocycles. The summed E-state index contributed by atoms with van der Waals surface area (Å²) in [5.41, 5.74) is 25.9. The molecule has 8 heterocycles. The third-order valence-electron chi connectivity index (χ3n) is 20.5. The third kappa shape index (κ3) is 35.9. The summed E-state index contributed by atoms with van der Waals surface area (Å²) >= 11 is -7.03. The van der Waals surface area contributed by atoms with Gasteiger partial charge in [-0.15, -0.1) is 144 Å². The summed E-state index contributed by atoms with van der Waals surface area (Å²) in [5, 5.41) is 0. The molecule has 8 aromatic heterocycles. The Bertz CT molecular complexity index is 5950. The SMILES string of the molecule is Cc1ccc(-c2[c-]cccc2)nc1.Cc1ccc(-c2[c-]cccc2)nc1.Cc1ccc(-c2[c-]cccc2)nc1.Cc1ccc(-c2[c-]cccc2)nc1.[CH3][Ge]([CH3])([CH3])[c]1ccc(-c2[c-]cc(-c3ccccc3)cc2)nc1.[CH3][Ge]([CH3])([CH3])[c]1ccc(-c2[c-]ccc(-c3ccccc3)c2)nc1.[CH3][Ge]([CH3])([CH3])[c]1ccc(-c2[c-]cccc2)nc1.[CH3][Ge]([CH3])([CH3])[c]1ccnc(-c2[c-]cccc2)c1.[Ir].[Ir].[Ir].[Ir]. The van der Waals surface area contributed by atoms with Crippen LogP contribution in [0.1, 0.15) is 22.3 Å². The monoisotopic (exact) mass is 2680 g/mol. The van der Waals surface area contributed by atoms with E-state index in [4.69, 9.17) is 0 Å². The normalized spacial score (nSPS) is 10.5. The molecule has 8 nitrogen and oxygen atoms in total. The molecule has 0 aliphatic carbocycles. The van der Waals surface area contributed by atoms with Crippen LogP contribution in [0.2, 0.25) is 69.1 Å². The van der Waals surface area contributed by atoms with Crippen molar-refractivity contribution in [1.82, 2.24) is 39.9 Å². The average Bonchev–Trinajstić information content (AvgIpc) is 0.827. The van der Waals surface area contributed by atoms with Gasteiger partial charge < -0.3 is 19.9 Å². The standard InChI is InChI=1S/2C20H20GeN.2C14H16GeN.4C12H10N.4Ir/c1-21(2,3)19-12-13-20(22-15-19)18-11-7-10-17(14-18)16-8-5-4-6-9-16;1-21(2,3)19-13-14-20(22-15-19)18-11-9-17(10-12-18)16-7-5-4-6-8-16;1-15(2,3)13-9-10-16-14(11-13)12-7-5-4-6-8-12;1-15(2,3)13-9-10-14(16-11-13)12-7-5-4-6-8-12;4*1-10-7-8-12(13-9-10)11-5-3-2-4-6-11;;;;/h4-10,12-15H,1-3H3;4-11,13-15H,1-3H3;2*4-7,9-11H,1-3H3;4*2-5,7-9H,1H3;;;;/q8*-1;;;;. The Labute approximate surface area is 850 Å². The van der Waals surface area contributed by atoms with Crippen LogP contribution in [0.15, 0.2) is 389 Å². The second-order valence-corrected chi connectivity index (χ2v) is 77.6. The molecule has 0 fully saturated rings. The zero-order valence-electron chi connectivity index (χ0n) is 77.9. The Hall–Kier alpha value is -9.83. The third-order valence-corrected chi connectivity index (χ3v) is 37.5. The predicted octanol–water partition coefficient (Wildman–Crippen LogP) is 27.1. The quantitative estimate of drug-likeness (QED) is 0.0784. The average molecular weight is 2680 g/mol. The molecule has 0 saturated carbocycles. The van der Waals surface area contributed by atoms with Gasteiger partial charge in [-0.25, -0.2) is 0 Å². The second-order valence-electron chi connectivity index (χ2n) is 35.0. The molecule has 10 aromatic carbocycles. The Balaban J connectivity index is 0.000000207. The number of hydrogen-bond acceptors (Lipinski definition) is 8. The van der Waals surface area contributed by atoms with Gasteiger partial charge in [-0.05, 0) is 72.7 Å². The van der Waals surface area contributed by atoms with Crippen LogP contribution < -0.4 is 17.6 Å². The molecule has 18 rings (SSSR count). The van der Waals surface area contributed by atoms with Gasteiger partial charge in [0, 0.05) is 105 Å². The van der Waals surface area contributed by atoms with Crippen LogP contribution in [0.3, 0.4) is 0 Å². The maximum Gasteiger partial charge on any atom is 0 e. The van der Waals surface area contributed by atoms with Gasteiger partial charge >= 0.3 is 470 Å². The summed E-state index contributed by atoms with van der Waals surface area (Å²) in [7, 11) is 0. The van der Waals surface area contributed by atoms with E-state index in [1.165, 1.54) is 62.1 Å². The molecule has 4 radical (unpaired) electrons. The predicted molar refractivity (Wildman–Crippen MR) is 550 cm³/mol. The minimum absolute atomic E-state index is 0. The summed E-state index contributed by atoms with van der Waals surface area (Å²) in [6.45, 7) is 8.13. The molecule has 18 aromatic rings. The number of rotatable bonds is 14. The summed E-state index contributed by atoms with van der Waals surface area (Å²) in [6, 6.07) is 140. The van der Waals surface area contributed by atoms with Crippen molar-refractivity contribution in [3.8, 4) is 112 Å². The van der Waals surface area contributed by atoms with Crippen LogP contribution in [0, 0.1) is 76.2 Å². The van der Waals surface area contributed by atoms with Crippen LogP contribution in [-0.4, -0.2) is 92.9 Å². The van der Waals surface area contributed by atoms with E-state index >= 15 is 0 Å². The van der Waals surface area contributed by atoms with Crippen LogP contribution in [0.5, 0.6) is 0 Å². The van der Waals surface area contributed by atoms with E-state index in [9.17, 15) is 0 Å². The molecule has 0 N–H and O–H groups in total. The molecular weight excluding hydrogens is 2560 g/mol. The minimum Gasteiger partial charge on any atom is 0 e. The molecule has 676 valence electrons. The summed E-state index contributed by atoms with van der Waals surface area (Å²) in [5.74, 6) is 28.7. The van der Waals surface area contributed by atoms with Crippen molar-refractivity contribution in [3.63, 3.8) is 0 Å². The van der Waals surface area contributed by atoms with Gasteiger partial charge in [-0.2, -0.15) is 0 Å². The fourth-order valence-corrected chi connectivity index (χ4v) is 21.6. The number of nitrogens with zero attached hydrogens (tertiary/aromatic N) is 8. The first-order chi connectivity index (χ1) is 61.7. The summed E-state index contributed by atoms with van der Waals surface area (Å²) < 4.78 is 5.80. The first-order valence-electron chi connectivity index (χ1n) is 43.2. The Morgan fingerprint density at radius 2 is 0.447 bits per heavy atom. The number of aromatic nitrogens is 8. The Kier molecular flexibility index (Phi) is 45.6. The number of hydrogen-bond donors (Lipinski definition) is 0. The fourth-order valence-electron chi connectivity index (χ4n) is 12.7. The first kappa shape index (κ1) is 109. The smallest absolute Gasteiger partial charge is 0 e. The molecule has 0 bridgehead atoms. The van der Waals surface area contributed by atoms with Crippen molar-refractivity contribution < 1.29 is 80.4 Å². The molecule has 0 spiro atoms. The van der Waals surface area contributed by atoms with E-state index in [0.717, 1.165) is 90.1 Å². The summed E-state index contributed by atoms with van der Waals surface area (Å²) in [4.78, 5) is 35.5. The molecule has 132 heavy (non-hydrogen) atoms. The maximum absolute atomic E-state index is 4.67. The molecule has 0 aliphatic heterocycles. The van der Waals surface area contributed by atoms with E-state index < -0.39 is 53.1 Å². The Morgan fingerprint density at radius 3 is 0.705 bits per heavy atom. The van der Waals surface area contributed by atoms with Gasteiger partial charge in [0.25, 0.3) is 0 Å². The van der Waals surface area contributed by atoms with E-state index in [2.05, 4.69) is 315 Å². The zero-order chi connectivity index (χ0) is 90.7. The summed E-state index contributed by atoms with van der Waals surface area (Å²) in [6.07, 6.45) is 15.5. The zero-order valence-corrected chi connectivity index (χ0v) is 95.8. The second kappa shape index (κ2) is 55.1. The van der Waals surface area contributed by atoms with Crippen molar-refractivity contribution in [1.29, 1.82) is 0 Å². The molecule has 0 unspecified atom stereocenters. The molecular formula is C116H112Ge4Ir4N8-8. The molecule has 0 atom stereocenters. The van der Waals surface area contributed by atoms with Crippen molar-refractivity contribution in [2.45, 2.75) is 96.8 Å². The van der Waals surface area contributed by atoms with Crippen LogP contribution in [0.25, 0.3) is 112 Å². The van der Waals surface area contributed by atoms with Gasteiger partial charge in [0.2, 0.25) is 0 Å². The van der Waals surface area contributed by atoms with Crippen molar-refractivity contribution in [2.75, 3.05) is 0 Å². The van der Waals surface area contributed by atoms with E-state index in [-0.39, 0.29) is 80.4 Å². The largest absolute Gasteiger partial charge is 0 e. The van der Waals surface area contributed by atoms with Gasteiger partial charge in [-0.1, -0.05) is 48.5 Å². The number of pyridine rings is 8. The Morgan fingerprint density at radius 1 is 0.182 bits per heavy atom. The number of aryl methyl sites for hydroxylation is 4. The molecule has 16 heteroatoms. The maximum atomic E-state index is 4.67. The van der Waals surface area contributed by atoms with Crippen LogP contribution >= 0.6 is 0 Å². The van der Waals surface area contributed by atoms with Crippen molar-refractivity contribution in [3.05, 3.63) is 460 Å². The molecule has 0 amide bonds. The van der Waals surface area contributed by atoms with Gasteiger partial charge in [0.15, 0.2) is 0 Å². The van der Waals surface area contributed by atoms with Crippen molar-refractivity contribution in [2.24, 2.45) is 0 Å². The number of benzene rings is 10. The van der Waals surface area contributed by atoms with Crippen molar-refractivity contribution >= 4 is 70.6 Å².